The first-order valence-corrected chi connectivity index (χ1v) is 38.5. The van der Waals surface area contributed by atoms with Crippen molar-refractivity contribution in [2.75, 3.05) is 0 Å². The molecular formula is C92H128. The van der Waals surface area contributed by atoms with Crippen molar-refractivity contribution in [3.63, 3.8) is 0 Å². The van der Waals surface area contributed by atoms with Crippen LogP contribution in [0.4, 0.5) is 0 Å². The van der Waals surface area contributed by atoms with E-state index in [4.69, 9.17) is 0 Å². The van der Waals surface area contributed by atoms with Crippen molar-refractivity contribution in [2.24, 2.45) is 0 Å². The second kappa shape index (κ2) is 27.1. The lowest BCUT2D eigenvalue weighted by Gasteiger charge is -2.35. The normalized spacial score (nSPS) is 13.7. The van der Waals surface area contributed by atoms with Gasteiger partial charge in [-0.1, -0.05) is 215 Å². The van der Waals surface area contributed by atoms with Crippen molar-refractivity contribution in [1.82, 2.24) is 0 Å². The van der Waals surface area contributed by atoms with Gasteiger partial charge in [-0.3, -0.25) is 0 Å². The van der Waals surface area contributed by atoms with Gasteiger partial charge in [0.1, 0.15) is 0 Å². The molecule has 0 spiro atoms. The highest BCUT2D eigenvalue weighted by molar-refractivity contribution is 6.35. The average molecular weight is 1230 g/mol. The van der Waals surface area contributed by atoms with Crippen LogP contribution in [0.25, 0.3) is 86.2 Å². The monoisotopic (exact) mass is 1230 g/mol. The third kappa shape index (κ3) is 11.2. The molecule has 0 N–H and O–H groups in total. The molecule has 0 heterocycles. The molecule has 10 aromatic carbocycles. The summed E-state index contributed by atoms with van der Waals surface area (Å²) in [6.45, 7) is 57.8. The molecule has 0 amide bonds. The Labute approximate surface area is 562 Å². The van der Waals surface area contributed by atoms with Crippen molar-refractivity contribution in [1.29, 1.82) is 0 Å². The van der Waals surface area contributed by atoms with Crippen molar-refractivity contribution in [2.45, 2.75) is 338 Å². The standard InChI is InChI=1S/C48H68.C44H60/c1-13-45(14-2,15-3)35-25-33-26-36(46(16-4,17-5)18-6)31-41-42-32-38(48(22-10,23-11)24-12)28-34-27-37(47(19-7,20-8)21-9)30-40(44(34)42)39(29-35)43(33)41;1-13-41(9,14-2)31-21-29-22-32(42(10,15-3)16-4)27-37-38-28-34(44(12,19-7)20-8)24-30-23-33(43(11,17-5)18-6)26-36(40(30)38)35(25-31)39(29)37/h25-32H,13-24H2,1-12H3;21-28H,13-20H2,1-12H3. The van der Waals surface area contributed by atoms with Gasteiger partial charge in [-0.05, 0) is 351 Å². The summed E-state index contributed by atoms with van der Waals surface area (Å²) in [4.78, 5) is 0. The Morgan fingerprint density at radius 1 is 0.163 bits per heavy atom. The largest absolute Gasteiger partial charge is 0.0645 e. The molecule has 0 heteroatoms. The molecule has 10 rings (SSSR count). The maximum absolute atomic E-state index is 2.66. The van der Waals surface area contributed by atoms with E-state index in [0.29, 0.717) is 0 Å². The first kappa shape index (κ1) is 71.1. The van der Waals surface area contributed by atoms with Crippen LogP contribution in [0.1, 0.15) is 339 Å². The van der Waals surface area contributed by atoms with E-state index < -0.39 is 0 Å². The predicted octanol–water partition coefficient (Wildman–Crippen LogP) is 29.7. The summed E-state index contributed by atoms with van der Waals surface area (Å²) in [6.07, 6.45) is 23.3. The molecule has 0 saturated carbocycles. The second-order valence-electron chi connectivity index (χ2n) is 31.0. The summed E-state index contributed by atoms with van der Waals surface area (Å²) < 4.78 is 0. The van der Waals surface area contributed by atoms with Gasteiger partial charge in [-0.2, -0.15) is 0 Å². The number of rotatable bonds is 28. The van der Waals surface area contributed by atoms with E-state index in [0.717, 1.165) is 51.4 Å². The summed E-state index contributed by atoms with van der Waals surface area (Å²) in [6, 6.07) is 41.9. The van der Waals surface area contributed by atoms with Crippen molar-refractivity contribution < 1.29 is 0 Å². The lowest BCUT2D eigenvalue weighted by Crippen LogP contribution is -2.25. The predicted molar refractivity (Wildman–Crippen MR) is 417 cm³/mol. The Morgan fingerprint density at radius 2 is 0.283 bits per heavy atom. The van der Waals surface area contributed by atoms with Crippen molar-refractivity contribution >= 4 is 86.2 Å². The highest BCUT2D eigenvalue weighted by atomic mass is 14.4. The van der Waals surface area contributed by atoms with Crippen molar-refractivity contribution in [3.8, 4) is 0 Å². The summed E-state index contributed by atoms with van der Waals surface area (Å²) in [5.41, 5.74) is 13.6. The molecule has 0 bridgehead atoms. The van der Waals surface area contributed by atoms with Gasteiger partial charge in [0.25, 0.3) is 0 Å². The zero-order valence-corrected chi connectivity index (χ0v) is 63.4. The van der Waals surface area contributed by atoms with Gasteiger partial charge in [-0.15, -0.1) is 0 Å². The Hall–Kier alpha value is -5.20. The third-order valence-electron chi connectivity index (χ3n) is 29.0. The molecule has 0 unspecified atom stereocenters. The van der Waals surface area contributed by atoms with E-state index in [-0.39, 0.29) is 43.3 Å². The molecule has 496 valence electrons. The minimum Gasteiger partial charge on any atom is -0.0645 e. The van der Waals surface area contributed by atoms with Gasteiger partial charge in [0, 0.05) is 0 Å². The lowest BCUT2D eigenvalue weighted by molar-refractivity contribution is 0.381. The Bertz CT molecular complexity index is 3620. The van der Waals surface area contributed by atoms with E-state index in [1.807, 2.05) is 0 Å². The van der Waals surface area contributed by atoms with Crippen LogP contribution in [-0.2, 0) is 43.3 Å². The maximum Gasteiger partial charge on any atom is -0.00260 e. The molecule has 92 heavy (non-hydrogen) atoms. The molecule has 0 aliphatic carbocycles. The van der Waals surface area contributed by atoms with Crippen LogP contribution < -0.4 is 0 Å². The van der Waals surface area contributed by atoms with Gasteiger partial charge in [0.05, 0.1) is 0 Å². The molecule has 0 fully saturated rings. The smallest absolute Gasteiger partial charge is 0.00260 e. The highest BCUT2D eigenvalue weighted by Crippen LogP contribution is 2.53. The Kier molecular flexibility index (Phi) is 21.0. The summed E-state index contributed by atoms with van der Waals surface area (Å²) in [7, 11) is 0. The fourth-order valence-electron chi connectivity index (χ4n) is 18.5. The van der Waals surface area contributed by atoms with Gasteiger partial charge in [0.15, 0.2) is 0 Å². The van der Waals surface area contributed by atoms with E-state index >= 15 is 0 Å². The number of fused-ring (bicyclic) bond motifs is 4. The third-order valence-corrected chi connectivity index (χ3v) is 29.0. The Morgan fingerprint density at radius 3 is 0.402 bits per heavy atom. The van der Waals surface area contributed by atoms with Crippen LogP contribution in [0, 0.1) is 0 Å². The van der Waals surface area contributed by atoms with Gasteiger partial charge >= 0.3 is 0 Å². The second-order valence-corrected chi connectivity index (χ2v) is 31.0. The topological polar surface area (TPSA) is 0 Å². The van der Waals surface area contributed by atoms with Crippen LogP contribution in [0.3, 0.4) is 0 Å². The molecule has 0 radical (unpaired) electrons. The SMILES string of the molecule is CCC(C)(CC)c1cc2cc(C(C)(CC)CC)cc3c4cc(C(C)(CC)CC)cc5cc(C(C)(CC)CC)cc(c(c1)c23)c54.CCC(CC)(CC)c1cc2cc(C(CC)(CC)CC)cc3c4cc(C(CC)(CC)CC)cc5cc(C(CC)(CC)CC)cc(c(c1)c23)c54. The molecule has 0 aromatic heterocycles. The Balaban J connectivity index is 0.000000218. The summed E-state index contributed by atoms with van der Waals surface area (Å²) in [5.74, 6) is 0. The zero-order chi connectivity index (χ0) is 67.3. The number of hydrogen-bond acceptors (Lipinski definition) is 0. The fraction of sp³-hybridized carbons (Fsp3) is 0.565. The first-order valence-electron chi connectivity index (χ1n) is 38.5. The number of benzene rings is 10. The minimum absolute atomic E-state index is 0.159. The van der Waals surface area contributed by atoms with Crippen LogP contribution in [0.15, 0.2) is 97.1 Å². The zero-order valence-electron chi connectivity index (χ0n) is 63.4. The molecule has 0 aliphatic rings. The van der Waals surface area contributed by atoms with Gasteiger partial charge in [0.2, 0.25) is 0 Å². The van der Waals surface area contributed by atoms with E-state index in [2.05, 4.69) is 263 Å². The summed E-state index contributed by atoms with van der Waals surface area (Å²) in [5, 5.41) is 23.5. The van der Waals surface area contributed by atoms with Crippen LogP contribution in [-0.4, -0.2) is 0 Å². The van der Waals surface area contributed by atoms with Gasteiger partial charge in [-0.25, -0.2) is 0 Å². The quantitative estimate of drug-likeness (QED) is 0.0339. The number of hydrogen-bond donors (Lipinski definition) is 0. The average Bonchev–Trinajstić information content (AvgIpc) is 0.713. The first-order chi connectivity index (χ1) is 43.9. The van der Waals surface area contributed by atoms with E-state index in [9.17, 15) is 0 Å². The van der Waals surface area contributed by atoms with E-state index in [1.165, 1.54) is 185 Å². The highest BCUT2D eigenvalue weighted by Gasteiger charge is 2.36. The molecule has 0 saturated heterocycles. The fourth-order valence-corrected chi connectivity index (χ4v) is 18.5. The maximum atomic E-state index is 2.66. The van der Waals surface area contributed by atoms with Gasteiger partial charge < -0.3 is 0 Å². The molecule has 0 atom stereocenters. The summed E-state index contributed by atoms with van der Waals surface area (Å²) >= 11 is 0. The van der Waals surface area contributed by atoms with Crippen molar-refractivity contribution in [3.05, 3.63) is 142 Å². The van der Waals surface area contributed by atoms with Crippen LogP contribution in [0.5, 0.6) is 0 Å². The molecule has 0 aliphatic heterocycles. The minimum atomic E-state index is 0.159. The van der Waals surface area contributed by atoms with Crippen LogP contribution in [0.2, 0.25) is 0 Å². The molecule has 10 aromatic rings. The molecule has 0 nitrogen and oxygen atoms in total. The van der Waals surface area contributed by atoms with Crippen LogP contribution >= 0.6 is 0 Å². The lowest BCUT2D eigenvalue weighted by atomic mass is 9.69. The van der Waals surface area contributed by atoms with E-state index in [1.54, 1.807) is 22.3 Å². The molecular weight excluding hydrogens is 1110 g/mol.